The maximum atomic E-state index is 12.6. The van der Waals surface area contributed by atoms with Gasteiger partial charge in [0.2, 0.25) is 5.91 Å². The largest absolute Gasteiger partial charge is 0.383 e. The molecule has 2 rings (SSSR count). The smallest absolute Gasteiger partial charge is 0.237 e. The number of halogens is 1. The molecule has 5 heteroatoms. The first kappa shape index (κ1) is 19.9. The molecule has 1 aliphatic carbocycles. The van der Waals surface area contributed by atoms with Gasteiger partial charge in [-0.25, -0.2) is 0 Å². The number of amides is 1. The number of methoxy groups -OCH3 is 1. The Morgan fingerprint density at radius 3 is 2.57 bits per heavy atom. The fourth-order valence-electron chi connectivity index (χ4n) is 3.06. The molecule has 1 amide bonds. The molecule has 1 aliphatic rings. The zero-order valence-electron chi connectivity index (χ0n) is 14.0. The summed E-state index contributed by atoms with van der Waals surface area (Å²) in [6.45, 7) is 2.46. The molecule has 0 atom stereocenters. The van der Waals surface area contributed by atoms with Crippen LogP contribution in [0.4, 0.5) is 0 Å². The van der Waals surface area contributed by atoms with Gasteiger partial charge < -0.3 is 15.0 Å². The Labute approximate surface area is 146 Å². The first-order valence-corrected chi connectivity index (χ1v) is 8.34. The van der Waals surface area contributed by atoms with Gasteiger partial charge in [0, 0.05) is 26.2 Å². The van der Waals surface area contributed by atoms with Crippen LogP contribution < -0.4 is 5.32 Å². The molecule has 0 unspecified atom stereocenters. The summed E-state index contributed by atoms with van der Waals surface area (Å²) in [5.74, 6) is 0.201. The number of nitrogens with zero attached hydrogens (tertiary/aromatic N) is 1. The summed E-state index contributed by atoms with van der Waals surface area (Å²) in [7, 11) is 1.67. The topological polar surface area (TPSA) is 41.6 Å². The van der Waals surface area contributed by atoms with Crippen molar-refractivity contribution < 1.29 is 9.53 Å². The van der Waals surface area contributed by atoms with Gasteiger partial charge in [0.05, 0.1) is 13.2 Å². The molecule has 1 aromatic rings. The highest BCUT2D eigenvalue weighted by Gasteiger charge is 2.25. The Bertz CT molecular complexity index is 436. The first-order chi connectivity index (χ1) is 10.8. The number of nitrogens with one attached hydrogen (secondary N) is 1. The van der Waals surface area contributed by atoms with Crippen molar-refractivity contribution in [3.8, 4) is 0 Å². The summed E-state index contributed by atoms with van der Waals surface area (Å²) in [4.78, 5) is 14.7. The van der Waals surface area contributed by atoms with Crippen LogP contribution in [0.5, 0.6) is 0 Å². The Balaban J connectivity index is 0.00000264. The molecule has 1 saturated carbocycles. The number of ether oxygens (including phenoxy) is 1. The minimum atomic E-state index is 0. The molecule has 0 radical (unpaired) electrons. The number of carbonyl (C=O) groups is 1. The van der Waals surface area contributed by atoms with E-state index < -0.39 is 0 Å². The lowest BCUT2D eigenvalue weighted by atomic mass is 9.93. The fourth-order valence-corrected chi connectivity index (χ4v) is 3.06. The van der Waals surface area contributed by atoms with E-state index in [0.29, 0.717) is 25.7 Å². The number of hydrogen-bond acceptors (Lipinski definition) is 3. The molecule has 4 nitrogen and oxygen atoms in total. The fraction of sp³-hybridized carbons (Fsp3) is 0.611. The molecule has 0 aromatic heterocycles. The van der Waals surface area contributed by atoms with E-state index in [1.54, 1.807) is 7.11 Å². The van der Waals surface area contributed by atoms with Crippen LogP contribution in [-0.2, 0) is 16.1 Å². The third kappa shape index (κ3) is 6.90. The van der Waals surface area contributed by atoms with Crippen molar-refractivity contribution in [1.82, 2.24) is 10.2 Å². The van der Waals surface area contributed by atoms with Crippen LogP contribution in [-0.4, -0.2) is 43.7 Å². The van der Waals surface area contributed by atoms with E-state index >= 15 is 0 Å². The maximum Gasteiger partial charge on any atom is 0.237 e. The molecule has 0 bridgehead atoms. The second-order valence-electron chi connectivity index (χ2n) is 5.97. The third-order valence-corrected chi connectivity index (χ3v) is 4.29. The second-order valence-corrected chi connectivity index (χ2v) is 5.97. The highest BCUT2D eigenvalue weighted by Crippen LogP contribution is 2.24. The van der Waals surface area contributed by atoms with E-state index in [4.69, 9.17) is 4.74 Å². The lowest BCUT2D eigenvalue weighted by Crippen LogP contribution is -2.45. The first-order valence-electron chi connectivity index (χ1n) is 8.34. The number of rotatable bonds is 8. The van der Waals surface area contributed by atoms with Crippen molar-refractivity contribution in [2.24, 2.45) is 0 Å². The van der Waals surface area contributed by atoms with Gasteiger partial charge in [-0.2, -0.15) is 0 Å². The molecule has 1 aromatic carbocycles. The van der Waals surface area contributed by atoms with E-state index in [2.05, 4.69) is 22.3 Å². The zero-order valence-corrected chi connectivity index (χ0v) is 14.8. The van der Waals surface area contributed by atoms with Crippen LogP contribution >= 0.6 is 12.4 Å². The van der Waals surface area contributed by atoms with Gasteiger partial charge in [-0.1, -0.05) is 49.6 Å². The van der Waals surface area contributed by atoms with E-state index in [-0.39, 0.29) is 18.3 Å². The Morgan fingerprint density at radius 1 is 1.22 bits per heavy atom. The van der Waals surface area contributed by atoms with Gasteiger partial charge in [-0.15, -0.1) is 12.4 Å². The second kappa shape index (κ2) is 11.4. The predicted octanol–water partition coefficient (Wildman–Crippen LogP) is 3.01. The van der Waals surface area contributed by atoms with E-state index in [1.165, 1.54) is 24.8 Å². The summed E-state index contributed by atoms with van der Waals surface area (Å²) in [5.41, 5.74) is 1.21. The van der Waals surface area contributed by atoms with Crippen LogP contribution in [0, 0.1) is 0 Å². The van der Waals surface area contributed by atoms with Gasteiger partial charge in [-0.05, 0) is 18.4 Å². The van der Waals surface area contributed by atoms with E-state index in [1.807, 2.05) is 18.2 Å². The number of hydrogen-bond donors (Lipinski definition) is 1. The van der Waals surface area contributed by atoms with Crippen molar-refractivity contribution in [2.75, 3.05) is 26.8 Å². The predicted molar refractivity (Wildman–Crippen MR) is 95.9 cm³/mol. The van der Waals surface area contributed by atoms with E-state index in [0.717, 1.165) is 19.4 Å². The summed E-state index contributed by atoms with van der Waals surface area (Å²) in [6.07, 6.45) is 6.05. The van der Waals surface area contributed by atoms with Gasteiger partial charge in [0.25, 0.3) is 0 Å². The molecule has 1 fully saturated rings. The highest BCUT2D eigenvalue weighted by atomic mass is 35.5. The molecular formula is C18H29ClN2O2. The highest BCUT2D eigenvalue weighted by molar-refractivity contribution is 5.85. The van der Waals surface area contributed by atoms with Crippen molar-refractivity contribution in [3.05, 3.63) is 35.9 Å². The summed E-state index contributed by atoms with van der Waals surface area (Å²) < 4.78 is 5.01. The molecule has 23 heavy (non-hydrogen) atoms. The number of benzene rings is 1. The molecular weight excluding hydrogens is 312 g/mol. The Morgan fingerprint density at radius 2 is 1.91 bits per heavy atom. The zero-order chi connectivity index (χ0) is 15.6. The van der Waals surface area contributed by atoms with Crippen molar-refractivity contribution in [1.29, 1.82) is 0 Å². The van der Waals surface area contributed by atoms with Crippen molar-refractivity contribution in [2.45, 2.75) is 44.7 Å². The SMILES string of the molecule is COCCNCC(=O)N(Cc1ccccc1)C1CCCCC1.Cl. The minimum Gasteiger partial charge on any atom is -0.383 e. The molecule has 130 valence electrons. The van der Waals surface area contributed by atoms with Gasteiger partial charge in [0.15, 0.2) is 0 Å². The molecule has 0 heterocycles. The van der Waals surface area contributed by atoms with Gasteiger partial charge in [0.1, 0.15) is 0 Å². The Kier molecular flexibility index (Phi) is 9.92. The van der Waals surface area contributed by atoms with Crippen molar-refractivity contribution in [3.63, 3.8) is 0 Å². The maximum absolute atomic E-state index is 12.6. The van der Waals surface area contributed by atoms with Gasteiger partial charge >= 0.3 is 0 Å². The minimum absolute atomic E-state index is 0. The standard InChI is InChI=1S/C18H28N2O2.ClH/c1-22-13-12-19-14-18(21)20(17-10-6-3-7-11-17)15-16-8-4-2-5-9-16;/h2,4-5,8-9,17,19H,3,6-7,10-15H2,1H3;1H. The van der Waals surface area contributed by atoms with Crippen LogP contribution in [0.3, 0.4) is 0 Å². The quantitative estimate of drug-likeness (QED) is 0.740. The number of carbonyl (C=O) groups excluding carboxylic acids is 1. The normalized spacial score (nSPS) is 15.0. The summed E-state index contributed by atoms with van der Waals surface area (Å²) in [5, 5.41) is 3.18. The third-order valence-electron chi connectivity index (χ3n) is 4.29. The van der Waals surface area contributed by atoms with E-state index in [9.17, 15) is 4.79 Å². The molecule has 0 spiro atoms. The van der Waals surface area contributed by atoms with Crippen LogP contribution in [0.1, 0.15) is 37.7 Å². The molecule has 0 aliphatic heterocycles. The Hall–Kier alpha value is -1.10. The lowest BCUT2D eigenvalue weighted by Gasteiger charge is -2.34. The average Bonchev–Trinajstić information content (AvgIpc) is 2.58. The molecule has 0 saturated heterocycles. The van der Waals surface area contributed by atoms with Crippen LogP contribution in [0.15, 0.2) is 30.3 Å². The van der Waals surface area contributed by atoms with Crippen LogP contribution in [0.2, 0.25) is 0 Å². The summed E-state index contributed by atoms with van der Waals surface area (Å²) in [6, 6.07) is 10.7. The van der Waals surface area contributed by atoms with Gasteiger partial charge in [-0.3, -0.25) is 4.79 Å². The summed E-state index contributed by atoms with van der Waals surface area (Å²) >= 11 is 0. The van der Waals surface area contributed by atoms with Crippen molar-refractivity contribution >= 4 is 18.3 Å². The monoisotopic (exact) mass is 340 g/mol. The molecule has 1 N–H and O–H groups in total. The average molecular weight is 341 g/mol. The lowest BCUT2D eigenvalue weighted by molar-refractivity contribution is -0.134. The van der Waals surface area contributed by atoms with Crippen LogP contribution in [0.25, 0.3) is 0 Å².